The molecule has 3 aromatic heterocycles. The summed E-state index contributed by atoms with van der Waals surface area (Å²) in [6.07, 6.45) is 11.4. The van der Waals surface area contributed by atoms with Crippen molar-refractivity contribution in [3.05, 3.63) is 59.4 Å². The summed E-state index contributed by atoms with van der Waals surface area (Å²) in [7, 11) is 2.07. The van der Waals surface area contributed by atoms with Crippen LogP contribution in [0.3, 0.4) is 0 Å². The minimum atomic E-state index is -0.598. The molecule has 3 heterocycles. The Hall–Kier alpha value is -2.68. The van der Waals surface area contributed by atoms with Crippen molar-refractivity contribution in [3.8, 4) is 11.3 Å². The molecule has 3 nitrogen and oxygen atoms in total. The quantitative estimate of drug-likeness (QED) is 0.317. The lowest BCUT2D eigenvalue weighted by molar-refractivity contribution is -0.660. The number of rotatable bonds is 3. The van der Waals surface area contributed by atoms with Gasteiger partial charge in [-0.2, -0.15) is 0 Å². The highest BCUT2D eigenvalue weighted by molar-refractivity contribution is 6.08. The lowest BCUT2D eigenvalue weighted by Gasteiger charge is -2.20. The molecule has 2 saturated carbocycles. The van der Waals surface area contributed by atoms with Crippen LogP contribution in [-0.4, -0.2) is 4.98 Å². The van der Waals surface area contributed by atoms with Crippen molar-refractivity contribution < 1.29 is 11.7 Å². The zero-order valence-corrected chi connectivity index (χ0v) is 19.2. The molecule has 0 spiro atoms. The summed E-state index contributed by atoms with van der Waals surface area (Å²) in [6.45, 7) is 2.12. The van der Waals surface area contributed by atoms with Crippen molar-refractivity contribution in [1.82, 2.24) is 4.98 Å². The number of hydrogen-bond donors (Lipinski definition) is 0. The van der Waals surface area contributed by atoms with E-state index in [0.29, 0.717) is 5.71 Å². The summed E-state index contributed by atoms with van der Waals surface area (Å²) in [4.78, 5) is 4.88. The molecular formula is C29H33N2O+. The van der Waals surface area contributed by atoms with E-state index in [1.54, 1.807) is 0 Å². The van der Waals surface area contributed by atoms with Crippen molar-refractivity contribution in [1.29, 1.82) is 0 Å². The number of aromatic nitrogens is 2. The maximum atomic E-state index is 8.99. The van der Waals surface area contributed by atoms with Gasteiger partial charge in [-0.15, -0.1) is 0 Å². The summed E-state index contributed by atoms with van der Waals surface area (Å²) in [6, 6.07) is 12.7. The Morgan fingerprint density at radius 1 is 0.875 bits per heavy atom. The fraction of sp³-hybridized carbons (Fsp3) is 0.448. The summed E-state index contributed by atoms with van der Waals surface area (Å²) in [5.41, 5.74) is 6.74. The van der Waals surface area contributed by atoms with E-state index in [1.165, 1.54) is 6.42 Å². The fourth-order valence-electron chi connectivity index (χ4n) is 5.74. The van der Waals surface area contributed by atoms with E-state index in [0.717, 1.165) is 95.8 Å². The van der Waals surface area contributed by atoms with Gasteiger partial charge < -0.3 is 4.42 Å². The van der Waals surface area contributed by atoms with Crippen molar-refractivity contribution >= 4 is 22.1 Å². The monoisotopic (exact) mass is 427 g/mol. The van der Waals surface area contributed by atoms with Gasteiger partial charge in [-0.25, -0.2) is 9.55 Å². The van der Waals surface area contributed by atoms with Crippen molar-refractivity contribution in [3.63, 3.8) is 0 Å². The molecule has 0 atom stereocenters. The van der Waals surface area contributed by atoms with Crippen LogP contribution in [0.25, 0.3) is 33.3 Å². The van der Waals surface area contributed by atoms with Crippen molar-refractivity contribution in [2.75, 3.05) is 0 Å². The average molecular weight is 428 g/mol. The third-order valence-electron chi connectivity index (χ3n) is 7.54. The van der Waals surface area contributed by atoms with Crippen molar-refractivity contribution in [2.45, 2.75) is 76.5 Å². The number of aryl methyl sites for hydroxylation is 2. The Balaban J connectivity index is 1.48. The van der Waals surface area contributed by atoms with Crippen LogP contribution in [0, 0.1) is 6.92 Å². The molecule has 0 radical (unpaired) electrons. The van der Waals surface area contributed by atoms with Gasteiger partial charge in [0.15, 0.2) is 11.8 Å². The van der Waals surface area contributed by atoms with Gasteiger partial charge in [0.1, 0.15) is 7.05 Å². The van der Waals surface area contributed by atoms with Crippen LogP contribution in [0.4, 0.5) is 0 Å². The zero-order chi connectivity index (χ0) is 23.5. The van der Waals surface area contributed by atoms with Crippen LogP contribution < -0.4 is 4.57 Å². The largest absolute Gasteiger partial charge is 0.437 e. The van der Waals surface area contributed by atoms with Gasteiger partial charge >= 0.3 is 0 Å². The molecule has 2 aliphatic carbocycles. The molecule has 32 heavy (non-hydrogen) atoms. The van der Waals surface area contributed by atoms with Crippen molar-refractivity contribution in [2.24, 2.45) is 7.05 Å². The van der Waals surface area contributed by atoms with Gasteiger partial charge in [0.05, 0.1) is 5.56 Å². The number of nitrogens with zero attached hydrogens (tertiary/aromatic N) is 2. The number of benzene rings is 1. The van der Waals surface area contributed by atoms with Crippen LogP contribution in [0.1, 0.15) is 89.1 Å². The van der Waals surface area contributed by atoms with Crippen LogP contribution in [-0.2, 0) is 7.05 Å². The molecule has 4 aromatic rings. The third kappa shape index (κ3) is 3.34. The highest BCUT2D eigenvalue weighted by atomic mass is 16.3. The lowest BCUT2D eigenvalue weighted by atomic mass is 9.86. The standard InChI is InChI=1S/C29H33N2O/c1-19-12-14-23-24-15-16-25(21-10-4-3-5-11-21)30-29(24)32-28(23)27(19)26-17-13-22(18-31(26)2)20-8-6-7-9-20/h12-18,20-21H,3-11H2,1-2H3/q+1/i20D,21D. The Labute approximate surface area is 193 Å². The first-order valence-corrected chi connectivity index (χ1v) is 12.2. The highest BCUT2D eigenvalue weighted by Crippen LogP contribution is 2.39. The van der Waals surface area contributed by atoms with E-state index in [1.807, 2.05) is 6.07 Å². The third-order valence-corrected chi connectivity index (χ3v) is 7.54. The molecule has 0 amide bonds. The zero-order valence-electron chi connectivity index (χ0n) is 21.2. The fourth-order valence-corrected chi connectivity index (χ4v) is 5.74. The molecule has 1 aromatic carbocycles. The maximum Gasteiger partial charge on any atom is 0.227 e. The van der Waals surface area contributed by atoms with Crippen LogP contribution in [0.15, 0.2) is 47.0 Å². The minimum Gasteiger partial charge on any atom is -0.437 e. The van der Waals surface area contributed by atoms with Gasteiger partial charge in [0.25, 0.3) is 0 Å². The molecule has 2 fully saturated rings. The number of fused-ring (bicyclic) bond motifs is 3. The van der Waals surface area contributed by atoms with Gasteiger partial charge in [-0.3, -0.25) is 0 Å². The Morgan fingerprint density at radius 3 is 2.38 bits per heavy atom. The SMILES string of the molecule is [2H]C1(c2ccc(-c3c(C)ccc4c3oc3nc(C5([2H])CCCCC5)ccc34)[n+](C)c2)CCCC1. The summed E-state index contributed by atoms with van der Waals surface area (Å²) in [5, 5.41) is 2.07. The lowest BCUT2D eigenvalue weighted by Crippen LogP contribution is -2.31. The minimum absolute atomic E-state index is 0.456. The molecule has 0 bridgehead atoms. The maximum absolute atomic E-state index is 8.99. The molecule has 3 heteroatoms. The molecule has 0 aliphatic heterocycles. The first-order valence-electron chi connectivity index (χ1n) is 13.2. The molecule has 0 N–H and O–H groups in total. The molecule has 0 unspecified atom stereocenters. The topological polar surface area (TPSA) is 29.9 Å². The van der Waals surface area contributed by atoms with E-state index in [4.69, 9.17) is 12.1 Å². The number of pyridine rings is 2. The normalized spacial score (nSPS) is 21.1. The molecule has 0 saturated heterocycles. The Bertz CT molecular complexity index is 1390. The molecule has 2 aliphatic rings. The molecule has 6 rings (SSSR count). The summed E-state index contributed by atoms with van der Waals surface area (Å²) < 4.78 is 26.5. The second-order valence-corrected chi connectivity index (χ2v) is 9.67. The van der Waals surface area contributed by atoms with Gasteiger partial charge in [0.2, 0.25) is 11.4 Å². The summed E-state index contributed by atoms with van der Waals surface area (Å²) in [5.74, 6) is -1.05. The second kappa shape index (κ2) is 8.03. The second-order valence-electron chi connectivity index (χ2n) is 9.67. The van der Waals surface area contributed by atoms with E-state index in [2.05, 4.69) is 55.1 Å². The van der Waals surface area contributed by atoms with E-state index < -0.39 is 11.8 Å². The van der Waals surface area contributed by atoms with Crippen LogP contribution in [0.5, 0.6) is 0 Å². The predicted molar refractivity (Wildman–Crippen MR) is 130 cm³/mol. The summed E-state index contributed by atoms with van der Waals surface area (Å²) >= 11 is 0. The van der Waals surface area contributed by atoms with Crippen LogP contribution >= 0.6 is 0 Å². The Kier molecular flexibility index (Phi) is 4.47. The number of hydrogen-bond acceptors (Lipinski definition) is 2. The van der Waals surface area contributed by atoms with Gasteiger partial charge in [0, 0.05) is 36.7 Å². The Morgan fingerprint density at radius 2 is 1.59 bits per heavy atom. The smallest absolute Gasteiger partial charge is 0.227 e. The highest BCUT2D eigenvalue weighted by Gasteiger charge is 2.25. The molecule has 164 valence electrons. The van der Waals surface area contributed by atoms with E-state index >= 15 is 0 Å². The van der Waals surface area contributed by atoms with Gasteiger partial charge in [-0.1, -0.05) is 44.2 Å². The van der Waals surface area contributed by atoms with Crippen LogP contribution in [0.2, 0.25) is 0 Å². The average Bonchev–Trinajstić information content (AvgIpc) is 3.44. The first kappa shape index (κ1) is 17.8. The molecular weight excluding hydrogens is 392 g/mol. The van der Waals surface area contributed by atoms with Gasteiger partial charge in [-0.05, 0) is 62.3 Å². The first-order chi connectivity index (χ1) is 16.4. The van der Waals surface area contributed by atoms with E-state index in [-0.39, 0.29) is 0 Å². The predicted octanol–water partition coefficient (Wildman–Crippen LogP) is 7.49. The van der Waals surface area contributed by atoms with E-state index in [9.17, 15) is 0 Å². The number of furan rings is 1.